The molecule has 0 radical (unpaired) electrons. The zero-order valence-corrected chi connectivity index (χ0v) is 12.5. The smallest absolute Gasteiger partial charge is 0.320 e. The van der Waals surface area contributed by atoms with Gasteiger partial charge in [-0.25, -0.2) is 0 Å². The van der Waals surface area contributed by atoms with Crippen LogP contribution >= 0.6 is 0 Å². The molecule has 9 heteroatoms. The summed E-state index contributed by atoms with van der Waals surface area (Å²) in [5.74, 6) is -1.33. The van der Waals surface area contributed by atoms with Crippen molar-refractivity contribution in [3.05, 3.63) is 33.8 Å². The summed E-state index contributed by atoms with van der Waals surface area (Å²) in [5, 5.41) is 11.1. The molecule has 1 rings (SSSR count). The van der Waals surface area contributed by atoms with E-state index in [-0.39, 0.29) is 24.7 Å². The molecule has 9 nitrogen and oxygen atoms in total. The third-order valence-corrected chi connectivity index (χ3v) is 2.95. The van der Waals surface area contributed by atoms with Gasteiger partial charge >= 0.3 is 5.97 Å². The van der Waals surface area contributed by atoms with Crippen LogP contribution in [0.4, 0.5) is 0 Å². The van der Waals surface area contributed by atoms with E-state index in [0.29, 0.717) is 13.2 Å². The van der Waals surface area contributed by atoms with Crippen LogP contribution < -0.4 is 5.73 Å². The number of nitro groups is 1. The Balaban J connectivity index is 2.80. The molecule has 2 N–H and O–H groups in total. The molecule has 0 heterocycles. The normalized spacial score (nSPS) is 20.7. The van der Waals surface area contributed by atoms with E-state index in [1.165, 1.54) is 26.4 Å². The SMILES string of the molecule is COC(=O)C1C=C(OC)C(OCCOCCN)=CC1[N+](=O)[O-]. The van der Waals surface area contributed by atoms with Crippen molar-refractivity contribution in [1.29, 1.82) is 0 Å². The van der Waals surface area contributed by atoms with Crippen molar-refractivity contribution in [2.75, 3.05) is 40.6 Å². The highest BCUT2D eigenvalue weighted by Crippen LogP contribution is 2.27. The van der Waals surface area contributed by atoms with Gasteiger partial charge in [0, 0.05) is 17.5 Å². The highest BCUT2D eigenvalue weighted by molar-refractivity contribution is 5.76. The first-order valence-electron chi connectivity index (χ1n) is 6.65. The second-order valence-corrected chi connectivity index (χ2v) is 4.34. The highest BCUT2D eigenvalue weighted by Gasteiger charge is 2.40. The summed E-state index contributed by atoms with van der Waals surface area (Å²) in [6, 6.07) is -1.27. The van der Waals surface area contributed by atoms with Gasteiger partial charge in [-0.1, -0.05) is 0 Å². The minimum Gasteiger partial charge on any atom is -0.493 e. The van der Waals surface area contributed by atoms with Gasteiger partial charge in [0.1, 0.15) is 6.61 Å². The first-order valence-corrected chi connectivity index (χ1v) is 6.65. The van der Waals surface area contributed by atoms with Crippen LogP contribution in [-0.2, 0) is 23.7 Å². The maximum atomic E-state index is 11.7. The van der Waals surface area contributed by atoms with E-state index in [9.17, 15) is 14.9 Å². The summed E-state index contributed by atoms with van der Waals surface area (Å²) in [6.45, 7) is 1.27. The summed E-state index contributed by atoms with van der Waals surface area (Å²) >= 11 is 0. The van der Waals surface area contributed by atoms with Gasteiger partial charge in [-0.15, -0.1) is 0 Å². The lowest BCUT2D eigenvalue weighted by atomic mass is 9.94. The average Bonchev–Trinajstić information content (AvgIpc) is 2.53. The molecule has 0 aromatic carbocycles. The third kappa shape index (κ3) is 4.71. The van der Waals surface area contributed by atoms with Crippen molar-refractivity contribution in [1.82, 2.24) is 0 Å². The Morgan fingerprint density at radius 2 is 2.00 bits per heavy atom. The average molecular weight is 316 g/mol. The van der Waals surface area contributed by atoms with Crippen molar-refractivity contribution in [3.63, 3.8) is 0 Å². The molecule has 0 amide bonds. The molecule has 0 aromatic heterocycles. The molecule has 1 aliphatic rings. The fraction of sp³-hybridized carbons (Fsp3) is 0.615. The molecule has 0 fully saturated rings. The molecule has 0 bridgehead atoms. The molecule has 0 spiro atoms. The summed E-state index contributed by atoms with van der Waals surface area (Å²) < 4.78 is 20.3. The number of esters is 1. The number of nitrogens with zero attached hydrogens (tertiary/aromatic N) is 1. The lowest BCUT2D eigenvalue weighted by Crippen LogP contribution is -2.35. The lowest BCUT2D eigenvalue weighted by Gasteiger charge is -2.22. The number of hydrogen-bond acceptors (Lipinski definition) is 8. The van der Waals surface area contributed by atoms with Crippen LogP contribution in [0.25, 0.3) is 0 Å². The third-order valence-electron chi connectivity index (χ3n) is 2.95. The number of carbonyl (C=O) groups is 1. The van der Waals surface area contributed by atoms with Gasteiger partial charge in [0.25, 0.3) is 6.04 Å². The molecular formula is C13H20N2O7. The quantitative estimate of drug-likeness (QED) is 0.269. The van der Waals surface area contributed by atoms with Crippen molar-refractivity contribution < 1.29 is 28.7 Å². The van der Waals surface area contributed by atoms with Crippen LogP contribution in [-0.4, -0.2) is 57.5 Å². The first-order chi connectivity index (χ1) is 10.5. The van der Waals surface area contributed by atoms with E-state index in [2.05, 4.69) is 4.74 Å². The van der Waals surface area contributed by atoms with Crippen molar-refractivity contribution in [2.45, 2.75) is 6.04 Å². The highest BCUT2D eigenvalue weighted by atomic mass is 16.6. The van der Waals surface area contributed by atoms with Gasteiger partial charge in [0.15, 0.2) is 17.4 Å². The van der Waals surface area contributed by atoms with E-state index in [0.717, 1.165) is 0 Å². The van der Waals surface area contributed by atoms with Gasteiger partial charge in [0.2, 0.25) is 0 Å². The van der Waals surface area contributed by atoms with E-state index in [1.807, 2.05) is 0 Å². The first kappa shape index (κ1) is 17.9. The number of nitrogens with two attached hydrogens (primary N) is 1. The molecular weight excluding hydrogens is 296 g/mol. The van der Waals surface area contributed by atoms with Crippen LogP contribution in [0, 0.1) is 16.0 Å². The van der Waals surface area contributed by atoms with Gasteiger partial charge in [-0.3, -0.25) is 14.9 Å². The Morgan fingerprint density at radius 3 is 2.55 bits per heavy atom. The van der Waals surface area contributed by atoms with Gasteiger partial charge < -0.3 is 24.7 Å². The van der Waals surface area contributed by atoms with Crippen molar-refractivity contribution in [2.24, 2.45) is 11.7 Å². The maximum absolute atomic E-state index is 11.7. The zero-order chi connectivity index (χ0) is 16.5. The second kappa shape index (κ2) is 9.00. The molecule has 0 aliphatic heterocycles. The molecule has 2 atom stereocenters. The predicted molar refractivity (Wildman–Crippen MR) is 75.3 cm³/mol. The Labute approximate surface area is 127 Å². The minimum atomic E-state index is -1.27. The Kier molecular flexibility index (Phi) is 7.33. The maximum Gasteiger partial charge on any atom is 0.320 e. The van der Waals surface area contributed by atoms with Gasteiger partial charge in [-0.05, 0) is 6.08 Å². The van der Waals surface area contributed by atoms with Gasteiger partial charge in [0.05, 0.1) is 27.4 Å². The van der Waals surface area contributed by atoms with Crippen LogP contribution in [0.1, 0.15) is 0 Å². The summed E-state index contributed by atoms with van der Waals surface area (Å²) in [5.41, 5.74) is 5.28. The molecule has 0 saturated carbocycles. The Bertz CT molecular complexity index is 461. The lowest BCUT2D eigenvalue weighted by molar-refractivity contribution is -0.514. The van der Waals surface area contributed by atoms with Crippen molar-refractivity contribution >= 4 is 5.97 Å². The van der Waals surface area contributed by atoms with Gasteiger partial charge in [-0.2, -0.15) is 0 Å². The van der Waals surface area contributed by atoms with E-state index >= 15 is 0 Å². The molecule has 0 saturated heterocycles. The van der Waals surface area contributed by atoms with Crippen LogP contribution in [0.2, 0.25) is 0 Å². The van der Waals surface area contributed by atoms with E-state index in [1.54, 1.807) is 0 Å². The number of methoxy groups -OCH3 is 2. The second-order valence-electron chi connectivity index (χ2n) is 4.34. The fourth-order valence-corrected chi connectivity index (χ4v) is 1.90. The summed E-state index contributed by atoms with van der Waals surface area (Å²) in [7, 11) is 2.55. The Morgan fingerprint density at radius 1 is 1.27 bits per heavy atom. The summed E-state index contributed by atoms with van der Waals surface area (Å²) in [6.07, 6.45) is 2.57. The fourth-order valence-electron chi connectivity index (χ4n) is 1.90. The van der Waals surface area contributed by atoms with E-state index < -0.39 is 22.9 Å². The molecule has 1 aliphatic carbocycles. The Hall–Kier alpha value is -2.13. The predicted octanol–water partition coefficient (Wildman–Crippen LogP) is -0.159. The van der Waals surface area contributed by atoms with Crippen molar-refractivity contribution in [3.8, 4) is 0 Å². The number of hydrogen-bond donors (Lipinski definition) is 1. The van der Waals surface area contributed by atoms with E-state index in [4.69, 9.17) is 19.9 Å². The largest absolute Gasteiger partial charge is 0.493 e. The van der Waals surface area contributed by atoms with Crippen LogP contribution in [0.3, 0.4) is 0 Å². The number of carbonyl (C=O) groups excluding carboxylic acids is 1. The summed E-state index contributed by atoms with van der Waals surface area (Å²) in [4.78, 5) is 22.2. The molecule has 22 heavy (non-hydrogen) atoms. The topological polar surface area (TPSA) is 123 Å². The molecule has 2 unspecified atom stereocenters. The molecule has 0 aromatic rings. The van der Waals surface area contributed by atoms with Crippen LogP contribution in [0.15, 0.2) is 23.7 Å². The standard InChI is InChI=1S/C13H20N2O7/c1-19-11-7-9(13(16)20-2)10(15(17)18)8-12(11)22-6-5-21-4-3-14/h7-10H,3-6,14H2,1-2H3. The number of rotatable bonds is 9. The molecule has 124 valence electrons. The number of ether oxygens (including phenoxy) is 4. The zero-order valence-electron chi connectivity index (χ0n) is 12.5. The van der Waals surface area contributed by atoms with Crippen LogP contribution in [0.5, 0.6) is 0 Å². The minimum absolute atomic E-state index is 0.180. The monoisotopic (exact) mass is 316 g/mol.